The monoisotopic (exact) mass is 488 g/mol. The highest BCUT2D eigenvalue weighted by atomic mass is 35.5. The highest BCUT2D eigenvalue weighted by Gasteiger charge is 2.16. The van der Waals surface area contributed by atoms with Crippen molar-refractivity contribution in [2.45, 2.75) is 11.8 Å². The molecule has 0 aromatic heterocycles. The topological polar surface area (TPSA) is 103 Å². The minimum absolute atomic E-state index is 0.00808. The molecule has 33 heavy (non-hydrogen) atoms. The number of carbonyl (C=O) groups is 1. The Labute approximate surface area is 196 Å². The lowest BCUT2D eigenvalue weighted by Crippen LogP contribution is -2.17. The Bertz CT molecular complexity index is 1240. The van der Waals surface area contributed by atoms with Crippen molar-refractivity contribution in [3.05, 3.63) is 82.9 Å². The molecule has 172 valence electrons. The first-order valence-corrected chi connectivity index (χ1v) is 11.6. The van der Waals surface area contributed by atoms with Crippen LogP contribution in [0.1, 0.15) is 22.8 Å². The molecule has 0 saturated carbocycles. The van der Waals surface area contributed by atoms with Crippen molar-refractivity contribution in [3.63, 3.8) is 0 Å². The Morgan fingerprint density at radius 2 is 1.73 bits per heavy atom. The van der Waals surface area contributed by atoms with Crippen LogP contribution in [0, 0.1) is 0 Å². The third-order valence-corrected chi connectivity index (χ3v) is 5.81. The normalized spacial score (nSPS) is 11.2. The van der Waals surface area contributed by atoms with Gasteiger partial charge in [0, 0.05) is 10.6 Å². The van der Waals surface area contributed by atoms with Gasteiger partial charge in [-0.1, -0.05) is 11.6 Å². The van der Waals surface area contributed by atoms with E-state index in [4.69, 9.17) is 25.3 Å². The minimum atomic E-state index is -3.98. The fourth-order valence-electron chi connectivity index (χ4n) is 2.70. The van der Waals surface area contributed by atoms with Gasteiger partial charge in [0.05, 0.1) is 19.9 Å². The molecule has 8 nitrogen and oxygen atoms in total. The number of hydrazone groups is 1. The Morgan fingerprint density at radius 3 is 2.36 bits per heavy atom. The van der Waals surface area contributed by atoms with E-state index in [0.29, 0.717) is 34.3 Å². The van der Waals surface area contributed by atoms with Gasteiger partial charge < -0.3 is 13.7 Å². The van der Waals surface area contributed by atoms with Gasteiger partial charge in [-0.25, -0.2) is 5.43 Å². The summed E-state index contributed by atoms with van der Waals surface area (Å²) in [6.45, 7) is 2.26. The summed E-state index contributed by atoms with van der Waals surface area (Å²) in [5, 5.41) is 4.35. The second kappa shape index (κ2) is 10.8. The predicted molar refractivity (Wildman–Crippen MR) is 125 cm³/mol. The van der Waals surface area contributed by atoms with E-state index in [9.17, 15) is 13.2 Å². The van der Waals surface area contributed by atoms with Crippen LogP contribution < -0.4 is 19.1 Å². The molecular weight excluding hydrogens is 468 g/mol. The SMILES string of the molecule is CCOc1cc(C(=O)N/N=C/c2ccc(OS(=O)(=O)c3ccc(Cl)cc3)cc2)ccc1OC. The zero-order valence-electron chi connectivity index (χ0n) is 17.8. The molecule has 0 aliphatic heterocycles. The number of rotatable bonds is 9. The fraction of sp³-hybridized carbons (Fsp3) is 0.130. The quantitative estimate of drug-likeness (QED) is 0.274. The molecule has 0 spiro atoms. The molecule has 0 saturated heterocycles. The number of nitrogens with zero attached hydrogens (tertiary/aromatic N) is 1. The van der Waals surface area contributed by atoms with Crippen molar-refractivity contribution in [2.24, 2.45) is 5.10 Å². The predicted octanol–water partition coefficient (Wildman–Crippen LogP) is 4.28. The summed E-state index contributed by atoms with van der Waals surface area (Å²) in [6.07, 6.45) is 1.42. The molecule has 1 amide bonds. The zero-order valence-corrected chi connectivity index (χ0v) is 19.4. The standard InChI is InChI=1S/C23H21ClN2O6S/c1-3-31-22-14-17(6-13-21(22)30-2)23(27)26-25-15-16-4-9-19(10-5-16)32-33(28,29)20-11-7-18(24)8-12-20/h4-15H,3H2,1-2H3,(H,26,27)/b25-15+. The summed E-state index contributed by atoms with van der Waals surface area (Å²) < 4.78 is 40.5. The number of methoxy groups -OCH3 is 1. The maximum Gasteiger partial charge on any atom is 0.339 e. The van der Waals surface area contributed by atoms with Gasteiger partial charge in [0.15, 0.2) is 11.5 Å². The highest BCUT2D eigenvalue weighted by Crippen LogP contribution is 2.28. The van der Waals surface area contributed by atoms with Crippen molar-refractivity contribution in [2.75, 3.05) is 13.7 Å². The van der Waals surface area contributed by atoms with Crippen LogP contribution in [-0.2, 0) is 10.1 Å². The van der Waals surface area contributed by atoms with Gasteiger partial charge in [0.25, 0.3) is 5.91 Å². The second-order valence-corrected chi connectivity index (χ2v) is 8.54. The average Bonchev–Trinajstić information content (AvgIpc) is 2.80. The summed E-state index contributed by atoms with van der Waals surface area (Å²) in [7, 11) is -2.46. The Morgan fingerprint density at radius 1 is 1.03 bits per heavy atom. The molecule has 0 fully saturated rings. The smallest absolute Gasteiger partial charge is 0.339 e. The molecule has 3 aromatic rings. The molecule has 0 unspecified atom stereocenters. The third kappa shape index (κ3) is 6.47. The van der Waals surface area contributed by atoms with Crippen LogP contribution in [0.15, 0.2) is 76.7 Å². The van der Waals surface area contributed by atoms with Crippen LogP contribution in [0.25, 0.3) is 0 Å². The number of ether oxygens (including phenoxy) is 2. The van der Waals surface area contributed by atoms with Gasteiger partial charge in [-0.05, 0) is 79.2 Å². The van der Waals surface area contributed by atoms with Gasteiger partial charge >= 0.3 is 10.1 Å². The van der Waals surface area contributed by atoms with Gasteiger partial charge in [0.1, 0.15) is 10.6 Å². The molecule has 0 heterocycles. The summed E-state index contributed by atoms with van der Waals surface area (Å²) in [4.78, 5) is 12.3. The van der Waals surface area contributed by atoms with Crippen LogP contribution in [0.3, 0.4) is 0 Å². The molecular formula is C23H21ClN2O6S. The van der Waals surface area contributed by atoms with Gasteiger partial charge in [-0.3, -0.25) is 4.79 Å². The number of hydrogen-bond donors (Lipinski definition) is 1. The Kier molecular flexibility index (Phi) is 7.92. The number of halogens is 1. The maximum absolute atomic E-state index is 12.3. The number of hydrogen-bond acceptors (Lipinski definition) is 7. The summed E-state index contributed by atoms with van der Waals surface area (Å²) in [6, 6.07) is 16.6. The highest BCUT2D eigenvalue weighted by molar-refractivity contribution is 7.87. The minimum Gasteiger partial charge on any atom is -0.493 e. The molecule has 1 N–H and O–H groups in total. The lowest BCUT2D eigenvalue weighted by molar-refractivity contribution is 0.0954. The summed E-state index contributed by atoms with van der Waals surface area (Å²) in [5.74, 6) is 0.690. The Hall–Kier alpha value is -3.56. The second-order valence-electron chi connectivity index (χ2n) is 6.56. The molecule has 0 atom stereocenters. The summed E-state index contributed by atoms with van der Waals surface area (Å²) in [5.41, 5.74) is 3.41. The average molecular weight is 489 g/mol. The molecule has 0 aliphatic carbocycles. The molecule has 0 bridgehead atoms. The van der Waals surface area contributed by atoms with E-state index < -0.39 is 16.0 Å². The zero-order chi connectivity index (χ0) is 23.8. The summed E-state index contributed by atoms with van der Waals surface area (Å²) >= 11 is 5.78. The third-order valence-electron chi connectivity index (χ3n) is 4.29. The van der Waals surface area contributed by atoms with E-state index in [2.05, 4.69) is 10.5 Å². The van der Waals surface area contributed by atoms with E-state index in [-0.39, 0.29) is 10.6 Å². The molecule has 0 radical (unpaired) electrons. The fourth-order valence-corrected chi connectivity index (χ4v) is 3.76. The first kappa shape index (κ1) is 24.1. The molecule has 3 aromatic carbocycles. The van der Waals surface area contributed by atoms with Crippen molar-refractivity contribution in [1.82, 2.24) is 5.43 Å². The van der Waals surface area contributed by atoms with Crippen LogP contribution >= 0.6 is 11.6 Å². The number of carbonyl (C=O) groups excluding carboxylic acids is 1. The largest absolute Gasteiger partial charge is 0.493 e. The first-order chi connectivity index (χ1) is 15.8. The van der Waals surface area contributed by atoms with Crippen LogP contribution in [0.5, 0.6) is 17.2 Å². The van der Waals surface area contributed by atoms with Gasteiger partial charge in [0.2, 0.25) is 0 Å². The lowest BCUT2D eigenvalue weighted by Gasteiger charge is -2.10. The van der Waals surface area contributed by atoms with Crippen LogP contribution in [-0.4, -0.2) is 34.3 Å². The van der Waals surface area contributed by atoms with Crippen LogP contribution in [0.2, 0.25) is 5.02 Å². The van der Waals surface area contributed by atoms with Gasteiger partial charge in [-0.2, -0.15) is 13.5 Å². The lowest BCUT2D eigenvalue weighted by atomic mass is 10.2. The van der Waals surface area contributed by atoms with Crippen LogP contribution in [0.4, 0.5) is 0 Å². The molecule has 10 heteroatoms. The van der Waals surface area contributed by atoms with E-state index in [1.165, 1.54) is 49.7 Å². The van der Waals surface area contributed by atoms with E-state index in [1.807, 2.05) is 6.92 Å². The number of benzene rings is 3. The van der Waals surface area contributed by atoms with Crippen molar-refractivity contribution in [3.8, 4) is 17.2 Å². The van der Waals surface area contributed by atoms with Crippen molar-refractivity contribution < 1.29 is 26.9 Å². The van der Waals surface area contributed by atoms with Crippen molar-refractivity contribution in [1.29, 1.82) is 0 Å². The number of amides is 1. The first-order valence-electron chi connectivity index (χ1n) is 9.76. The van der Waals surface area contributed by atoms with Crippen molar-refractivity contribution >= 4 is 33.8 Å². The molecule has 3 rings (SSSR count). The Balaban J connectivity index is 1.62. The van der Waals surface area contributed by atoms with Gasteiger partial charge in [-0.15, -0.1) is 0 Å². The van der Waals surface area contributed by atoms with E-state index in [0.717, 1.165) is 0 Å². The van der Waals surface area contributed by atoms with E-state index in [1.54, 1.807) is 30.3 Å². The number of nitrogens with one attached hydrogen (secondary N) is 1. The maximum atomic E-state index is 12.3. The molecule has 0 aliphatic rings. The van der Waals surface area contributed by atoms with E-state index >= 15 is 0 Å².